The summed E-state index contributed by atoms with van der Waals surface area (Å²) < 4.78 is 34.3. The van der Waals surface area contributed by atoms with Gasteiger partial charge in [0, 0.05) is 36.7 Å². The zero-order valence-corrected chi connectivity index (χ0v) is 23.2. The summed E-state index contributed by atoms with van der Waals surface area (Å²) in [6.07, 6.45) is 1.21. The largest absolute Gasteiger partial charge is 0.488 e. The van der Waals surface area contributed by atoms with E-state index in [1.807, 2.05) is 13.8 Å². The first kappa shape index (κ1) is 28.1. The Morgan fingerprint density at radius 2 is 1.89 bits per heavy atom. The van der Waals surface area contributed by atoms with E-state index in [2.05, 4.69) is 5.32 Å². The van der Waals surface area contributed by atoms with E-state index in [1.165, 1.54) is 11.4 Å². The van der Waals surface area contributed by atoms with Crippen LogP contribution in [0.3, 0.4) is 0 Å². The van der Waals surface area contributed by atoms with Crippen molar-refractivity contribution in [2.45, 2.75) is 57.1 Å². The van der Waals surface area contributed by atoms with Gasteiger partial charge in [0.1, 0.15) is 11.9 Å². The quantitative estimate of drug-likeness (QED) is 0.529. The van der Waals surface area contributed by atoms with E-state index in [1.54, 1.807) is 54.3 Å². The van der Waals surface area contributed by atoms with Crippen molar-refractivity contribution in [3.8, 4) is 5.75 Å². The molecule has 2 aliphatic rings. The first-order valence-electron chi connectivity index (χ1n) is 13.0. The lowest BCUT2D eigenvalue weighted by Crippen LogP contribution is -2.48. The number of sulfonamides is 1. The van der Waals surface area contributed by atoms with Gasteiger partial charge in [0.15, 0.2) is 0 Å². The summed E-state index contributed by atoms with van der Waals surface area (Å²) in [7, 11) is -2.25. The summed E-state index contributed by atoms with van der Waals surface area (Å²) in [5, 5.41) is 12.7. The molecule has 0 unspecified atom stereocenters. The normalized spacial score (nSPS) is 21.1. The predicted molar refractivity (Wildman–Crippen MR) is 144 cm³/mol. The molecule has 2 aromatic carbocycles. The minimum Gasteiger partial charge on any atom is -0.488 e. The van der Waals surface area contributed by atoms with E-state index in [9.17, 15) is 23.1 Å². The van der Waals surface area contributed by atoms with Gasteiger partial charge < -0.3 is 20.1 Å². The zero-order valence-electron chi connectivity index (χ0n) is 22.4. The van der Waals surface area contributed by atoms with Gasteiger partial charge in [-0.25, -0.2) is 8.42 Å². The SMILES string of the molecule is Cc1ccc(S(=O)(=O)N(C)C[C@@H]2Oc3ccc(NC(=O)C4CC4)cc3CC(=O)N([C@H](C)CO)C[C@H]2C)cc1. The van der Waals surface area contributed by atoms with Crippen LogP contribution in [-0.2, 0) is 26.0 Å². The van der Waals surface area contributed by atoms with Crippen LogP contribution >= 0.6 is 0 Å². The van der Waals surface area contributed by atoms with E-state index < -0.39 is 22.2 Å². The standard InChI is InChI=1S/C28H37N3O6S/c1-18-5-10-24(11-6-18)38(35,36)30(4)16-26-19(2)15-31(20(3)17-32)27(33)14-22-13-23(9-12-25(22)37-26)29-28(34)21-7-8-21/h5-6,9-13,19-21,26,32H,7-8,14-17H2,1-4H3,(H,29,34)/t19-,20-,26+/m1/s1. The number of likely N-dealkylation sites (N-methyl/N-ethyl adjacent to an activating group) is 1. The fourth-order valence-electron chi connectivity index (χ4n) is 4.56. The van der Waals surface area contributed by atoms with Gasteiger partial charge in [-0.2, -0.15) is 4.31 Å². The second kappa shape index (κ2) is 11.4. The van der Waals surface area contributed by atoms with Crippen molar-refractivity contribution in [1.29, 1.82) is 0 Å². The number of aliphatic hydroxyl groups is 1. The number of aryl methyl sites for hydroxylation is 1. The van der Waals surface area contributed by atoms with Gasteiger partial charge in [-0.3, -0.25) is 9.59 Å². The summed E-state index contributed by atoms with van der Waals surface area (Å²) in [5.41, 5.74) is 2.15. The van der Waals surface area contributed by atoms with E-state index in [0.29, 0.717) is 23.5 Å². The van der Waals surface area contributed by atoms with Crippen molar-refractivity contribution in [3.05, 3.63) is 53.6 Å². The zero-order chi connectivity index (χ0) is 27.6. The van der Waals surface area contributed by atoms with E-state index in [-0.39, 0.29) is 48.1 Å². The number of rotatable bonds is 8. The van der Waals surface area contributed by atoms with Gasteiger partial charge in [-0.15, -0.1) is 0 Å². The molecule has 3 atom stereocenters. The minimum atomic E-state index is -3.77. The maximum atomic E-state index is 13.3. The Morgan fingerprint density at radius 1 is 1.21 bits per heavy atom. The molecule has 0 spiro atoms. The number of carbonyl (C=O) groups excluding carboxylic acids is 2. The summed E-state index contributed by atoms with van der Waals surface area (Å²) in [6.45, 7) is 5.75. The third-order valence-corrected chi connectivity index (χ3v) is 9.14. The van der Waals surface area contributed by atoms with Crippen LogP contribution in [0, 0.1) is 18.8 Å². The second-order valence-electron chi connectivity index (χ2n) is 10.6. The third kappa shape index (κ3) is 6.36. The fourth-order valence-corrected chi connectivity index (χ4v) is 5.74. The van der Waals surface area contributed by atoms with Crippen molar-refractivity contribution < 1.29 is 27.9 Å². The first-order valence-corrected chi connectivity index (χ1v) is 14.5. The Morgan fingerprint density at radius 3 is 2.53 bits per heavy atom. The number of aliphatic hydroxyl groups excluding tert-OH is 1. The monoisotopic (exact) mass is 543 g/mol. The van der Waals surface area contributed by atoms with Crippen LogP contribution in [0.15, 0.2) is 47.4 Å². The molecule has 1 aliphatic carbocycles. The Labute approximate surface area is 224 Å². The molecule has 1 saturated carbocycles. The van der Waals surface area contributed by atoms with Gasteiger partial charge in [0.2, 0.25) is 21.8 Å². The molecule has 9 nitrogen and oxygen atoms in total. The van der Waals surface area contributed by atoms with Crippen molar-refractivity contribution in [1.82, 2.24) is 9.21 Å². The average Bonchev–Trinajstić information content (AvgIpc) is 3.72. The summed E-state index contributed by atoms with van der Waals surface area (Å²) in [6, 6.07) is 11.5. The number of ether oxygens (including phenoxy) is 1. The number of hydrogen-bond donors (Lipinski definition) is 2. The smallest absolute Gasteiger partial charge is 0.242 e. The molecule has 0 aromatic heterocycles. The molecule has 1 fully saturated rings. The molecule has 1 heterocycles. The van der Waals surface area contributed by atoms with Crippen molar-refractivity contribution in [2.75, 3.05) is 32.1 Å². The lowest BCUT2D eigenvalue weighted by molar-refractivity contribution is -0.134. The number of anilines is 1. The Balaban J connectivity index is 1.64. The molecule has 2 N–H and O–H groups in total. The number of amides is 2. The first-order chi connectivity index (χ1) is 18.0. The van der Waals surface area contributed by atoms with Gasteiger partial charge >= 0.3 is 0 Å². The van der Waals surface area contributed by atoms with Gasteiger partial charge in [0.25, 0.3) is 0 Å². The Hall–Kier alpha value is -2.95. The van der Waals surface area contributed by atoms with Gasteiger partial charge in [-0.1, -0.05) is 24.6 Å². The van der Waals surface area contributed by atoms with E-state index in [0.717, 1.165) is 18.4 Å². The highest BCUT2D eigenvalue weighted by atomic mass is 32.2. The number of benzene rings is 2. The summed E-state index contributed by atoms with van der Waals surface area (Å²) >= 11 is 0. The predicted octanol–water partition coefficient (Wildman–Crippen LogP) is 2.81. The molecule has 0 saturated heterocycles. The van der Waals surface area contributed by atoms with Crippen LogP contribution in [0.4, 0.5) is 5.69 Å². The number of nitrogens with one attached hydrogen (secondary N) is 1. The number of carbonyl (C=O) groups is 2. The molecule has 2 amide bonds. The van der Waals surface area contributed by atoms with Crippen molar-refractivity contribution in [2.24, 2.45) is 11.8 Å². The molecular weight excluding hydrogens is 506 g/mol. The van der Waals surface area contributed by atoms with E-state index >= 15 is 0 Å². The number of fused-ring (bicyclic) bond motifs is 1. The third-order valence-electron chi connectivity index (χ3n) is 7.30. The summed E-state index contributed by atoms with van der Waals surface area (Å²) in [5.74, 6) is 0.0544. The van der Waals surface area contributed by atoms with Crippen LogP contribution in [0.25, 0.3) is 0 Å². The summed E-state index contributed by atoms with van der Waals surface area (Å²) in [4.78, 5) is 27.5. The van der Waals surface area contributed by atoms with Crippen LogP contribution in [0.2, 0.25) is 0 Å². The van der Waals surface area contributed by atoms with Crippen molar-refractivity contribution in [3.63, 3.8) is 0 Å². The molecule has 10 heteroatoms. The highest BCUT2D eigenvalue weighted by molar-refractivity contribution is 7.89. The molecule has 38 heavy (non-hydrogen) atoms. The molecule has 0 bridgehead atoms. The maximum Gasteiger partial charge on any atom is 0.242 e. The molecule has 1 aliphatic heterocycles. The lowest BCUT2D eigenvalue weighted by atomic mass is 10.0. The molecule has 4 rings (SSSR count). The molecule has 0 radical (unpaired) electrons. The molecule has 2 aromatic rings. The van der Waals surface area contributed by atoms with Crippen LogP contribution in [0.1, 0.15) is 37.8 Å². The fraction of sp³-hybridized carbons (Fsp3) is 0.500. The van der Waals surface area contributed by atoms with E-state index in [4.69, 9.17) is 4.74 Å². The molecule has 206 valence electrons. The van der Waals surface area contributed by atoms with Gasteiger partial charge in [0.05, 0.1) is 30.5 Å². The average molecular weight is 544 g/mol. The lowest BCUT2D eigenvalue weighted by Gasteiger charge is -2.33. The minimum absolute atomic E-state index is 0.0315. The Bertz CT molecular complexity index is 1280. The maximum absolute atomic E-state index is 13.3. The van der Waals surface area contributed by atoms with Crippen molar-refractivity contribution >= 4 is 27.5 Å². The van der Waals surface area contributed by atoms with Crippen LogP contribution < -0.4 is 10.1 Å². The highest BCUT2D eigenvalue weighted by Gasteiger charge is 2.34. The molecular formula is C28H37N3O6S. The Kier molecular flexibility index (Phi) is 8.44. The van der Waals surface area contributed by atoms with Crippen LogP contribution in [-0.4, -0.2) is 73.4 Å². The van der Waals surface area contributed by atoms with Crippen LogP contribution in [0.5, 0.6) is 5.75 Å². The topological polar surface area (TPSA) is 116 Å². The second-order valence-corrected chi connectivity index (χ2v) is 12.6. The number of nitrogens with zero attached hydrogens (tertiary/aromatic N) is 2. The highest BCUT2D eigenvalue weighted by Crippen LogP contribution is 2.33. The number of hydrogen-bond acceptors (Lipinski definition) is 6. The van der Waals surface area contributed by atoms with Gasteiger partial charge in [-0.05, 0) is 57.0 Å².